The van der Waals surface area contributed by atoms with Gasteiger partial charge in [0.25, 0.3) is 5.91 Å². The van der Waals surface area contributed by atoms with E-state index in [2.05, 4.69) is 15.6 Å². The Bertz CT molecular complexity index is 886. The molecule has 1 saturated carbocycles. The zero-order valence-corrected chi connectivity index (χ0v) is 14.0. The molecule has 0 saturated heterocycles. The summed E-state index contributed by atoms with van der Waals surface area (Å²) in [6, 6.07) is 7.18. The van der Waals surface area contributed by atoms with Gasteiger partial charge < -0.3 is 11.1 Å². The van der Waals surface area contributed by atoms with Crippen LogP contribution in [0.4, 0.5) is 4.39 Å². The van der Waals surface area contributed by atoms with Gasteiger partial charge in [-0.05, 0) is 42.0 Å². The normalized spacial score (nSPS) is 16.4. The fraction of sp³-hybridized carbons (Fsp3) is 0.235. The minimum atomic E-state index is -0.538. The molecule has 128 valence electrons. The molecular formula is C17H16FN5OS. The lowest BCUT2D eigenvalue weighted by atomic mass is 10.0. The topological polar surface area (TPSA) is 85.8 Å². The van der Waals surface area contributed by atoms with E-state index in [0.29, 0.717) is 11.3 Å². The number of aromatic nitrogens is 3. The number of hydrogen-bond donors (Lipinski definition) is 2. The highest BCUT2D eigenvalue weighted by atomic mass is 32.1. The Hall–Kier alpha value is -2.58. The molecule has 1 aliphatic carbocycles. The summed E-state index contributed by atoms with van der Waals surface area (Å²) in [6.07, 6.45) is 3.44. The van der Waals surface area contributed by atoms with Crippen LogP contribution in [0.3, 0.4) is 0 Å². The third-order valence-corrected chi connectivity index (χ3v) is 4.97. The third-order valence-electron chi connectivity index (χ3n) is 4.29. The van der Waals surface area contributed by atoms with Crippen LogP contribution in [0.25, 0.3) is 0 Å². The molecule has 0 aliphatic heterocycles. The predicted molar refractivity (Wildman–Crippen MR) is 91.4 cm³/mol. The second-order valence-corrected chi connectivity index (χ2v) is 6.94. The first kappa shape index (κ1) is 15.9. The first-order valence-corrected chi connectivity index (χ1v) is 8.80. The number of nitrogens with one attached hydrogen (secondary N) is 1. The highest BCUT2D eigenvalue weighted by Crippen LogP contribution is 2.37. The summed E-state index contributed by atoms with van der Waals surface area (Å²) < 4.78 is 14.9. The Labute approximate surface area is 147 Å². The molecule has 1 aromatic carbocycles. The summed E-state index contributed by atoms with van der Waals surface area (Å²) in [5.41, 5.74) is 7.52. The number of nitrogens with two attached hydrogens (primary N) is 1. The number of carbonyl (C=O) groups excluding carboxylic acids is 1. The number of rotatable bonds is 5. The maximum absolute atomic E-state index is 13.3. The van der Waals surface area contributed by atoms with Crippen molar-refractivity contribution in [1.82, 2.24) is 20.3 Å². The second-order valence-electron chi connectivity index (χ2n) is 6.16. The average Bonchev–Trinajstić information content (AvgIpc) is 3.06. The minimum Gasteiger partial charge on any atom is -0.339 e. The summed E-state index contributed by atoms with van der Waals surface area (Å²) in [6.45, 7) is 0. The Morgan fingerprint density at radius 2 is 2.08 bits per heavy atom. The highest BCUT2D eigenvalue weighted by molar-refractivity contribution is 7.08. The van der Waals surface area contributed by atoms with Crippen LogP contribution in [-0.4, -0.2) is 20.9 Å². The standard InChI is InChI=1S/C17H16FN5OS/c18-13-3-1-11(2-4-13)15(20-16(24)12-5-8-25-10-12)14-9-23(22-21-14)17(19)6-7-17/h1-5,8-10,15H,6-7,19H2,(H,20,24)/t15-/m0/s1. The van der Waals surface area contributed by atoms with Crippen molar-refractivity contribution in [2.75, 3.05) is 0 Å². The van der Waals surface area contributed by atoms with Gasteiger partial charge in [0, 0.05) is 5.38 Å². The minimum absolute atomic E-state index is 0.223. The zero-order chi connectivity index (χ0) is 17.4. The van der Waals surface area contributed by atoms with Gasteiger partial charge in [0.15, 0.2) is 0 Å². The summed E-state index contributed by atoms with van der Waals surface area (Å²) in [4.78, 5) is 12.5. The maximum atomic E-state index is 13.3. The number of carbonyl (C=O) groups is 1. The average molecular weight is 357 g/mol. The SMILES string of the molecule is NC1(n2cc([C@@H](NC(=O)c3ccsc3)c3ccc(F)cc3)nn2)CC1. The number of thiophene rings is 1. The Balaban J connectivity index is 1.66. The molecule has 1 aliphatic rings. The van der Waals surface area contributed by atoms with Crippen molar-refractivity contribution < 1.29 is 9.18 Å². The van der Waals surface area contributed by atoms with Crippen LogP contribution in [0.2, 0.25) is 0 Å². The first-order chi connectivity index (χ1) is 12.0. The summed E-state index contributed by atoms with van der Waals surface area (Å²) in [5, 5.41) is 14.8. The largest absolute Gasteiger partial charge is 0.339 e. The fourth-order valence-corrected chi connectivity index (χ4v) is 3.21. The molecule has 1 fully saturated rings. The molecule has 6 nitrogen and oxygen atoms in total. The molecule has 25 heavy (non-hydrogen) atoms. The molecule has 4 rings (SSSR count). The van der Waals surface area contributed by atoms with Crippen LogP contribution in [-0.2, 0) is 5.66 Å². The van der Waals surface area contributed by atoms with Crippen molar-refractivity contribution in [1.29, 1.82) is 0 Å². The van der Waals surface area contributed by atoms with Crippen molar-refractivity contribution >= 4 is 17.2 Å². The van der Waals surface area contributed by atoms with Gasteiger partial charge in [-0.25, -0.2) is 9.07 Å². The number of amides is 1. The third kappa shape index (κ3) is 3.18. The molecule has 0 radical (unpaired) electrons. The van der Waals surface area contributed by atoms with Gasteiger partial charge in [0.05, 0.1) is 11.8 Å². The monoisotopic (exact) mass is 357 g/mol. The summed E-state index contributed by atoms with van der Waals surface area (Å²) >= 11 is 1.45. The van der Waals surface area contributed by atoms with E-state index in [4.69, 9.17) is 5.73 Å². The van der Waals surface area contributed by atoms with Crippen molar-refractivity contribution in [3.05, 3.63) is 69.9 Å². The molecule has 0 spiro atoms. The zero-order valence-electron chi connectivity index (χ0n) is 13.2. The molecule has 1 amide bonds. The van der Waals surface area contributed by atoms with Gasteiger partial charge in [-0.15, -0.1) is 5.10 Å². The molecule has 0 bridgehead atoms. The number of halogens is 1. The molecule has 8 heteroatoms. The Morgan fingerprint density at radius 1 is 1.32 bits per heavy atom. The first-order valence-electron chi connectivity index (χ1n) is 7.85. The van der Waals surface area contributed by atoms with Crippen molar-refractivity contribution in [2.24, 2.45) is 5.73 Å². The molecular weight excluding hydrogens is 341 g/mol. The number of benzene rings is 1. The van der Waals surface area contributed by atoms with E-state index in [-0.39, 0.29) is 11.7 Å². The number of hydrogen-bond acceptors (Lipinski definition) is 5. The Morgan fingerprint density at radius 3 is 2.72 bits per heavy atom. The second kappa shape index (κ2) is 6.05. The van der Waals surface area contributed by atoms with Crippen LogP contribution < -0.4 is 11.1 Å². The number of nitrogens with zero attached hydrogens (tertiary/aromatic N) is 3. The van der Waals surface area contributed by atoms with Crippen molar-refractivity contribution in [2.45, 2.75) is 24.5 Å². The lowest BCUT2D eigenvalue weighted by molar-refractivity contribution is 0.0942. The van der Waals surface area contributed by atoms with E-state index >= 15 is 0 Å². The molecule has 2 aromatic heterocycles. The van der Waals surface area contributed by atoms with E-state index in [1.165, 1.54) is 23.5 Å². The van der Waals surface area contributed by atoms with Crippen LogP contribution >= 0.6 is 11.3 Å². The van der Waals surface area contributed by atoms with Crippen molar-refractivity contribution in [3.63, 3.8) is 0 Å². The molecule has 1 atom stereocenters. The molecule has 3 aromatic rings. The lowest BCUT2D eigenvalue weighted by Gasteiger charge is -2.17. The van der Waals surface area contributed by atoms with Gasteiger partial charge in [0.2, 0.25) is 0 Å². The predicted octanol–water partition coefficient (Wildman–Crippen LogP) is 2.40. The van der Waals surface area contributed by atoms with Gasteiger partial charge in [-0.1, -0.05) is 17.3 Å². The van der Waals surface area contributed by atoms with E-state index in [1.807, 2.05) is 5.38 Å². The van der Waals surface area contributed by atoms with Crippen LogP contribution in [0.1, 0.15) is 40.5 Å². The molecule has 3 N–H and O–H groups in total. The quantitative estimate of drug-likeness (QED) is 0.734. The van der Waals surface area contributed by atoms with E-state index < -0.39 is 11.7 Å². The Kier molecular flexibility index (Phi) is 3.85. The summed E-state index contributed by atoms with van der Waals surface area (Å²) in [5.74, 6) is -0.562. The molecule has 2 heterocycles. The van der Waals surface area contributed by atoms with E-state index in [9.17, 15) is 9.18 Å². The van der Waals surface area contributed by atoms with Gasteiger partial charge in [0.1, 0.15) is 23.2 Å². The highest BCUT2D eigenvalue weighted by Gasteiger charge is 2.42. The smallest absolute Gasteiger partial charge is 0.252 e. The maximum Gasteiger partial charge on any atom is 0.252 e. The van der Waals surface area contributed by atoms with Crippen molar-refractivity contribution in [3.8, 4) is 0 Å². The van der Waals surface area contributed by atoms with Gasteiger partial charge >= 0.3 is 0 Å². The lowest BCUT2D eigenvalue weighted by Crippen LogP contribution is -2.30. The molecule has 0 unspecified atom stereocenters. The summed E-state index contributed by atoms with van der Waals surface area (Å²) in [7, 11) is 0. The van der Waals surface area contributed by atoms with Crippen LogP contribution in [0, 0.1) is 5.82 Å². The van der Waals surface area contributed by atoms with Crippen LogP contribution in [0.15, 0.2) is 47.3 Å². The van der Waals surface area contributed by atoms with E-state index in [1.54, 1.807) is 34.5 Å². The fourth-order valence-electron chi connectivity index (χ4n) is 2.58. The van der Waals surface area contributed by atoms with Crippen LogP contribution in [0.5, 0.6) is 0 Å². The van der Waals surface area contributed by atoms with E-state index in [0.717, 1.165) is 18.4 Å². The van der Waals surface area contributed by atoms with Gasteiger partial charge in [-0.2, -0.15) is 11.3 Å². The van der Waals surface area contributed by atoms with Gasteiger partial charge in [-0.3, -0.25) is 4.79 Å².